The van der Waals surface area contributed by atoms with Crippen LogP contribution in [0.1, 0.15) is 21.7 Å². The number of nitrogens with zero attached hydrogens (tertiary/aromatic N) is 1. The van der Waals surface area contributed by atoms with Gasteiger partial charge in [-0.2, -0.15) is 13.2 Å². The van der Waals surface area contributed by atoms with Gasteiger partial charge in [-0.15, -0.1) is 0 Å². The molecule has 1 amide bonds. The Labute approximate surface area is 151 Å². The number of aromatic nitrogens is 1. The van der Waals surface area contributed by atoms with Crippen molar-refractivity contribution in [3.05, 3.63) is 71.5 Å². The lowest BCUT2D eigenvalue weighted by molar-refractivity contribution is -0.137. The van der Waals surface area contributed by atoms with Crippen LogP contribution in [0.15, 0.2) is 59.0 Å². The molecule has 2 heterocycles. The third kappa shape index (κ3) is 3.36. The minimum atomic E-state index is -4.42. The SMILES string of the molecule is Cc1ccc2cc3cc(C(=O)Nc4ccc(C(F)(F)F)cc4)oc3nc2c1. The fraction of sp³-hybridized carbons (Fsp3) is 0.100. The Hall–Kier alpha value is -3.35. The molecule has 1 N–H and O–H groups in total. The van der Waals surface area contributed by atoms with Gasteiger partial charge in [-0.05, 0) is 55.0 Å². The van der Waals surface area contributed by atoms with Gasteiger partial charge in [0.2, 0.25) is 5.71 Å². The number of halogens is 3. The Bertz CT molecular complexity index is 1160. The van der Waals surface area contributed by atoms with E-state index in [1.54, 1.807) is 6.07 Å². The molecule has 27 heavy (non-hydrogen) atoms. The number of carbonyl (C=O) groups excluding carboxylic acids is 1. The zero-order valence-corrected chi connectivity index (χ0v) is 14.1. The smallest absolute Gasteiger partial charge is 0.416 e. The highest BCUT2D eigenvalue weighted by atomic mass is 19.4. The van der Waals surface area contributed by atoms with Crippen molar-refractivity contribution in [3.8, 4) is 0 Å². The van der Waals surface area contributed by atoms with Gasteiger partial charge in [0.1, 0.15) is 0 Å². The van der Waals surface area contributed by atoms with Crippen molar-refractivity contribution in [1.29, 1.82) is 0 Å². The van der Waals surface area contributed by atoms with Gasteiger partial charge in [-0.3, -0.25) is 4.79 Å². The molecule has 2 aromatic heterocycles. The third-order valence-electron chi connectivity index (χ3n) is 4.15. The molecular formula is C20H13F3N2O2. The number of fused-ring (bicyclic) bond motifs is 2. The number of furan rings is 1. The van der Waals surface area contributed by atoms with Gasteiger partial charge < -0.3 is 9.73 Å². The first kappa shape index (κ1) is 17.1. The van der Waals surface area contributed by atoms with Crippen molar-refractivity contribution >= 4 is 33.6 Å². The summed E-state index contributed by atoms with van der Waals surface area (Å²) < 4.78 is 43.3. The van der Waals surface area contributed by atoms with Crippen LogP contribution in [0, 0.1) is 6.92 Å². The minimum Gasteiger partial charge on any atom is -0.433 e. The first-order valence-electron chi connectivity index (χ1n) is 8.09. The first-order valence-corrected chi connectivity index (χ1v) is 8.09. The summed E-state index contributed by atoms with van der Waals surface area (Å²) in [5.74, 6) is -0.530. The van der Waals surface area contributed by atoms with E-state index in [0.29, 0.717) is 11.1 Å². The molecule has 0 saturated carbocycles. The summed E-state index contributed by atoms with van der Waals surface area (Å²) in [4.78, 5) is 16.8. The van der Waals surface area contributed by atoms with Crippen LogP contribution in [0.2, 0.25) is 0 Å². The summed E-state index contributed by atoms with van der Waals surface area (Å²) >= 11 is 0. The summed E-state index contributed by atoms with van der Waals surface area (Å²) in [6.07, 6.45) is -4.42. The Morgan fingerprint density at radius 1 is 1.00 bits per heavy atom. The molecule has 0 spiro atoms. The molecular weight excluding hydrogens is 357 g/mol. The molecule has 4 nitrogen and oxygen atoms in total. The number of amides is 1. The quantitative estimate of drug-likeness (QED) is 0.503. The number of rotatable bonds is 2. The Morgan fingerprint density at radius 3 is 2.44 bits per heavy atom. The third-order valence-corrected chi connectivity index (χ3v) is 4.15. The highest BCUT2D eigenvalue weighted by Crippen LogP contribution is 2.30. The van der Waals surface area contributed by atoms with Crippen LogP contribution in [-0.4, -0.2) is 10.9 Å². The number of hydrogen-bond acceptors (Lipinski definition) is 3. The average Bonchev–Trinajstić information content (AvgIpc) is 3.02. The number of nitrogens with one attached hydrogen (secondary N) is 1. The van der Waals surface area contributed by atoms with E-state index in [4.69, 9.17) is 4.42 Å². The second-order valence-electron chi connectivity index (χ2n) is 6.22. The number of anilines is 1. The van der Waals surface area contributed by atoms with Crippen molar-refractivity contribution in [3.63, 3.8) is 0 Å². The fourth-order valence-electron chi connectivity index (χ4n) is 2.78. The zero-order valence-electron chi connectivity index (χ0n) is 14.1. The summed E-state index contributed by atoms with van der Waals surface area (Å²) in [7, 11) is 0. The topological polar surface area (TPSA) is 55.1 Å². The number of pyridine rings is 1. The Kier molecular flexibility index (Phi) is 3.87. The van der Waals surface area contributed by atoms with Crippen LogP contribution >= 0.6 is 0 Å². The maximum absolute atomic E-state index is 12.6. The molecule has 0 saturated heterocycles. The minimum absolute atomic E-state index is 0.0319. The lowest BCUT2D eigenvalue weighted by Crippen LogP contribution is -2.11. The highest BCUT2D eigenvalue weighted by Gasteiger charge is 2.30. The Morgan fingerprint density at radius 2 is 1.74 bits per heavy atom. The van der Waals surface area contributed by atoms with E-state index in [2.05, 4.69) is 10.3 Å². The van der Waals surface area contributed by atoms with Gasteiger partial charge >= 0.3 is 6.18 Å². The lowest BCUT2D eigenvalue weighted by atomic mass is 10.1. The van der Waals surface area contributed by atoms with Crippen molar-refractivity contribution < 1.29 is 22.4 Å². The summed E-state index contributed by atoms with van der Waals surface area (Å²) in [6.45, 7) is 1.95. The predicted octanol–water partition coefficient (Wildman–Crippen LogP) is 5.56. The predicted molar refractivity (Wildman–Crippen MR) is 95.6 cm³/mol. The summed E-state index contributed by atoms with van der Waals surface area (Å²) in [6, 6.07) is 13.4. The summed E-state index contributed by atoms with van der Waals surface area (Å²) in [5.41, 5.74) is 1.59. The van der Waals surface area contributed by atoms with Crippen LogP contribution in [0.25, 0.3) is 22.0 Å². The van der Waals surface area contributed by atoms with Crippen LogP contribution < -0.4 is 5.32 Å². The van der Waals surface area contributed by atoms with Crippen molar-refractivity contribution in [2.45, 2.75) is 13.1 Å². The molecule has 7 heteroatoms. The number of alkyl halides is 3. The monoisotopic (exact) mass is 370 g/mol. The van der Waals surface area contributed by atoms with Crippen molar-refractivity contribution in [2.75, 3.05) is 5.32 Å². The Balaban J connectivity index is 1.61. The van der Waals surface area contributed by atoms with Crippen molar-refractivity contribution in [1.82, 2.24) is 4.98 Å². The van der Waals surface area contributed by atoms with E-state index in [0.717, 1.165) is 28.6 Å². The molecule has 0 unspecified atom stereocenters. The number of aryl methyl sites for hydroxylation is 1. The van der Waals surface area contributed by atoms with E-state index in [1.807, 2.05) is 31.2 Å². The van der Waals surface area contributed by atoms with Crippen LogP contribution in [0.3, 0.4) is 0 Å². The van der Waals surface area contributed by atoms with Gasteiger partial charge in [0, 0.05) is 16.5 Å². The van der Waals surface area contributed by atoms with E-state index < -0.39 is 17.6 Å². The molecule has 2 aromatic carbocycles. The molecule has 136 valence electrons. The van der Waals surface area contributed by atoms with Gasteiger partial charge in [-0.1, -0.05) is 12.1 Å². The molecule has 0 aliphatic rings. The number of hydrogen-bond donors (Lipinski definition) is 1. The van der Waals surface area contributed by atoms with Gasteiger partial charge in [0.25, 0.3) is 5.91 Å². The van der Waals surface area contributed by atoms with E-state index in [1.165, 1.54) is 12.1 Å². The number of carbonyl (C=O) groups is 1. The normalized spacial score (nSPS) is 11.9. The van der Waals surface area contributed by atoms with Crippen molar-refractivity contribution in [2.24, 2.45) is 0 Å². The average molecular weight is 370 g/mol. The molecule has 4 rings (SSSR count). The van der Waals surface area contributed by atoms with E-state index in [-0.39, 0.29) is 11.4 Å². The maximum atomic E-state index is 12.6. The zero-order chi connectivity index (χ0) is 19.2. The molecule has 0 atom stereocenters. The molecule has 0 bridgehead atoms. The second-order valence-corrected chi connectivity index (χ2v) is 6.22. The highest BCUT2D eigenvalue weighted by molar-refractivity contribution is 6.05. The van der Waals surface area contributed by atoms with E-state index >= 15 is 0 Å². The molecule has 0 fully saturated rings. The molecule has 4 aromatic rings. The molecule has 0 aliphatic heterocycles. The molecule has 0 aliphatic carbocycles. The van der Waals surface area contributed by atoms with E-state index in [9.17, 15) is 18.0 Å². The number of benzene rings is 2. The van der Waals surface area contributed by atoms with Crippen LogP contribution in [0.4, 0.5) is 18.9 Å². The second kappa shape index (κ2) is 6.12. The maximum Gasteiger partial charge on any atom is 0.416 e. The lowest BCUT2D eigenvalue weighted by Gasteiger charge is -2.07. The molecule has 0 radical (unpaired) electrons. The van der Waals surface area contributed by atoms with Crippen LogP contribution in [0.5, 0.6) is 0 Å². The van der Waals surface area contributed by atoms with Gasteiger partial charge in [0.05, 0.1) is 11.1 Å². The van der Waals surface area contributed by atoms with Gasteiger partial charge in [0.15, 0.2) is 5.76 Å². The first-order chi connectivity index (χ1) is 12.8. The van der Waals surface area contributed by atoms with Gasteiger partial charge in [-0.25, -0.2) is 4.98 Å². The summed E-state index contributed by atoms with van der Waals surface area (Å²) in [5, 5.41) is 4.11. The standard InChI is InChI=1S/C20H13F3N2O2/c1-11-2-3-12-9-13-10-17(27-19(13)25-16(12)8-11)18(26)24-15-6-4-14(5-7-15)20(21,22)23/h2-10H,1H3,(H,24,26). The largest absolute Gasteiger partial charge is 0.433 e. The fourth-order valence-corrected chi connectivity index (χ4v) is 2.78. The van der Waals surface area contributed by atoms with Crippen LogP contribution in [-0.2, 0) is 6.18 Å².